The number of carbonyl (C=O) groups is 2. The van der Waals surface area contributed by atoms with Crippen LogP contribution >= 0.6 is 0 Å². The van der Waals surface area contributed by atoms with Crippen molar-refractivity contribution in [3.8, 4) is 0 Å². The van der Waals surface area contributed by atoms with Gasteiger partial charge in [-0.25, -0.2) is 4.79 Å². The van der Waals surface area contributed by atoms with Crippen molar-refractivity contribution < 1.29 is 44.6 Å². The number of fused-ring (bicyclic) bond motifs is 5. The van der Waals surface area contributed by atoms with Crippen molar-refractivity contribution in [3.63, 3.8) is 0 Å². The summed E-state index contributed by atoms with van der Waals surface area (Å²) in [5.41, 5.74) is 1.78. The molecule has 3 saturated carbocycles. The summed E-state index contributed by atoms with van der Waals surface area (Å²) in [6.07, 6.45) is 7.09. The lowest BCUT2D eigenvalue weighted by atomic mass is 9.47. The van der Waals surface area contributed by atoms with E-state index in [1.165, 1.54) is 57.4 Å². The lowest BCUT2D eigenvalue weighted by Crippen LogP contribution is -2.67. The minimum absolute atomic E-state index is 0.0454. The highest BCUT2D eigenvalue weighted by Gasteiger charge is 2.60. The molecule has 5 aliphatic rings. The molecule has 1 unspecified atom stereocenters. The second-order valence-electron chi connectivity index (χ2n) is 17.2. The molecule has 1 heterocycles. The van der Waals surface area contributed by atoms with Gasteiger partial charge in [0.1, 0.15) is 24.4 Å². The largest absolute Gasteiger partial charge is 0.458 e. The molecule has 5 rings (SSSR count). The smallest absolute Gasteiger partial charge is 0.367 e. The van der Waals surface area contributed by atoms with Crippen molar-refractivity contribution in [1.29, 1.82) is 0 Å². The molecule has 4 fully saturated rings. The molecule has 6 N–H and O–H groups in total. The maximum Gasteiger partial charge on any atom is 0.367 e. The number of allylic oxidation sites excluding steroid dienone is 1. The molecule has 14 atom stereocenters. The number of nitrogens with one attached hydrogen (secondary N) is 1. The Labute approximate surface area is 287 Å². The number of amides is 1. The summed E-state index contributed by atoms with van der Waals surface area (Å²) in [5.74, 6) is 0.142. The van der Waals surface area contributed by atoms with Gasteiger partial charge in [-0.2, -0.15) is 0 Å². The fraction of sp³-hybridized carbons (Fsp3) is 0.895. The number of ether oxygens (including phenoxy) is 2. The van der Waals surface area contributed by atoms with Crippen LogP contribution in [0.4, 0.5) is 0 Å². The van der Waals surface area contributed by atoms with Crippen molar-refractivity contribution in [2.24, 2.45) is 46.3 Å². The first-order chi connectivity index (χ1) is 22.5. The first-order valence-corrected chi connectivity index (χ1v) is 18.8. The SMILES string of the molecule is CC(=O)N[C@H]1[C@H]([C@H](O)[C@H](O)CO)O[C@](O)(C(=O)O[C@@H]2CC[C@@]3(C)C(=CCC4[C@@H]5CC[C@H]([C@H](C)CCCC(C)C)[C@@]5(C)CC[C@@H]43)C2)C[C@@H]1O. The molecule has 0 aromatic rings. The molecule has 1 saturated heterocycles. The Morgan fingerprint density at radius 3 is 2.46 bits per heavy atom. The van der Waals surface area contributed by atoms with Crippen molar-refractivity contribution >= 4 is 11.9 Å². The van der Waals surface area contributed by atoms with Gasteiger partial charge in [-0.15, -0.1) is 0 Å². The van der Waals surface area contributed by atoms with Gasteiger partial charge in [-0.1, -0.05) is 65.5 Å². The first kappa shape index (κ1) is 37.7. The third kappa shape index (κ3) is 7.13. The predicted octanol–water partition coefficient (Wildman–Crippen LogP) is 4.00. The highest BCUT2D eigenvalue weighted by molar-refractivity contribution is 5.78. The average molecular weight is 678 g/mol. The molecule has 0 bridgehead atoms. The number of aliphatic hydroxyl groups excluding tert-OH is 4. The van der Waals surface area contributed by atoms with Crippen molar-refractivity contribution in [2.75, 3.05) is 6.61 Å². The number of rotatable bonds is 11. The Kier molecular flexibility index (Phi) is 11.5. The topological polar surface area (TPSA) is 166 Å². The standard InChI is InChI=1S/C38H63NO9/c1-21(2)8-7-9-22(3)27-12-13-28-26-11-10-24-18-25(14-16-36(24,5)29(26)15-17-37(27,28)6)47-35(45)38(46)19-30(42)32(39-23(4)41)34(48-38)33(44)31(43)20-40/h10,21-22,25-34,40,42-44,46H,7-9,11-20H2,1-6H3,(H,39,41)/t22-,25-,26?,27-,28+,29+,30+,31-,32-,33-,34-,36+,37-,38+/m1/s1. The molecule has 1 aliphatic heterocycles. The van der Waals surface area contributed by atoms with Crippen LogP contribution in [-0.4, -0.2) is 86.4 Å². The summed E-state index contributed by atoms with van der Waals surface area (Å²) < 4.78 is 11.5. The molecule has 0 radical (unpaired) electrons. The van der Waals surface area contributed by atoms with E-state index in [1.54, 1.807) is 0 Å². The number of hydrogen-bond acceptors (Lipinski definition) is 9. The summed E-state index contributed by atoms with van der Waals surface area (Å²) in [7, 11) is 0. The van der Waals surface area contributed by atoms with E-state index in [4.69, 9.17) is 9.47 Å². The molecule has 0 spiro atoms. The van der Waals surface area contributed by atoms with Gasteiger partial charge >= 0.3 is 5.97 Å². The minimum atomic E-state index is -2.61. The van der Waals surface area contributed by atoms with Gasteiger partial charge in [-0.3, -0.25) is 4.79 Å². The minimum Gasteiger partial charge on any atom is -0.458 e. The number of hydrogen-bond donors (Lipinski definition) is 6. The van der Waals surface area contributed by atoms with E-state index in [1.807, 2.05) is 0 Å². The molecule has 4 aliphatic carbocycles. The molecule has 0 aromatic carbocycles. The van der Waals surface area contributed by atoms with Crippen molar-refractivity contribution in [2.45, 2.75) is 161 Å². The van der Waals surface area contributed by atoms with Gasteiger partial charge in [0.2, 0.25) is 5.91 Å². The van der Waals surface area contributed by atoms with E-state index in [-0.39, 0.29) is 5.41 Å². The number of aliphatic hydroxyl groups is 5. The van der Waals surface area contributed by atoms with Crippen molar-refractivity contribution in [1.82, 2.24) is 5.32 Å². The normalized spacial score (nSPS) is 42.9. The van der Waals surface area contributed by atoms with Gasteiger partial charge < -0.3 is 40.3 Å². The van der Waals surface area contributed by atoms with Crippen LogP contribution in [0.1, 0.15) is 119 Å². The van der Waals surface area contributed by atoms with Crippen molar-refractivity contribution in [3.05, 3.63) is 11.6 Å². The summed E-state index contributed by atoms with van der Waals surface area (Å²) >= 11 is 0. The van der Waals surface area contributed by atoms with Crippen LogP contribution in [-0.2, 0) is 19.1 Å². The Morgan fingerprint density at radius 1 is 1.06 bits per heavy atom. The van der Waals surface area contributed by atoms with E-state index in [0.717, 1.165) is 36.5 Å². The van der Waals surface area contributed by atoms with E-state index >= 15 is 0 Å². The Balaban J connectivity index is 1.24. The van der Waals surface area contributed by atoms with Crippen LogP contribution in [0.15, 0.2) is 11.6 Å². The first-order valence-electron chi connectivity index (χ1n) is 18.8. The van der Waals surface area contributed by atoms with E-state index < -0.39 is 67.3 Å². The van der Waals surface area contributed by atoms with Crippen LogP contribution in [0.5, 0.6) is 0 Å². The third-order valence-corrected chi connectivity index (χ3v) is 13.7. The van der Waals surface area contributed by atoms with Crippen LogP contribution in [0.25, 0.3) is 0 Å². The zero-order chi connectivity index (χ0) is 35.2. The van der Waals surface area contributed by atoms with Gasteiger partial charge in [0.05, 0.1) is 18.8 Å². The molecular formula is C38H63NO9. The fourth-order valence-corrected chi connectivity index (χ4v) is 11.1. The maximum absolute atomic E-state index is 13.5. The average Bonchev–Trinajstić information content (AvgIpc) is 3.38. The summed E-state index contributed by atoms with van der Waals surface area (Å²) in [4.78, 5) is 25.3. The van der Waals surface area contributed by atoms with E-state index in [0.29, 0.717) is 30.1 Å². The zero-order valence-corrected chi connectivity index (χ0v) is 30.1. The lowest BCUT2D eigenvalue weighted by molar-refractivity contribution is -0.299. The van der Waals surface area contributed by atoms with Crippen LogP contribution in [0, 0.1) is 46.3 Å². The Bertz CT molecular complexity index is 1190. The Morgan fingerprint density at radius 2 is 1.79 bits per heavy atom. The van der Waals surface area contributed by atoms with Crippen LogP contribution < -0.4 is 5.32 Å². The zero-order valence-electron chi connectivity index (χ0n) is 30.1. The van der Waals surface area contributed by atoms with Gasteiger partial charge in [0, 0.05) is 19.8 Å². The molecule has 10 nitrogen and oxygen atoms in total. The fourth-order valence-electron chi connectivity index (χ4n) is 11.1. The summed E-state index contributed by atoms with van der Waals surface area (Å²) in [5, 5.41) is 54.7. The van der Waals surface area contributed by atoms with E-state index in [9.17, 15) is 35.1 Å². The van der Waals surface area contributed by atoms with Gasteiger partial charge in [0.25, 0.3) is 5.79 Å². The molecule has 274 valence electrons. The predicted molar refractivity (Wildman–Crippen MR) is 180 cm³/mol. The molecular weight excluding hydrogens is 614 g/mol. The summed E-state index contributed by atoms with van der Waals surface area (Å²) in [6.45, 7) is 12.5. The molecule has 1 amide bonds. The lowest BCUT2D eigenvalue weighted by Gasteiger charge is -2.58. The second kappa shape index (κ2) is 14.6. The second-order valence-corrected chi connectivity index (χ2v) is 17.2. The van der Waals surface area contributed by atoms with Crippen LogP contribution in [0.2, 0.25) is 0 Å². The van der Waals surface area contributed by atoms with Gasteiger partial charge in [-0.05, 0) is 91.3 Å². The summed E-state index contributed by atoms with van der Waals surface area (Å²) in [6, 6.07) is -1.23. The van der Waals surface area contributed by atoms with Gasteiger partial charge in [0.15, 0.2) is 0 Å². The number of carbonyl (C=O) groups excluding carboxylic acids is 2. The highest BCUT2D eigenvalue weighted by Crippen LogP contribution is 2.67. The van der Waals surface area contributed by atoms with E-state index in [2.05, 4.69) is 46.0 Å². The third-order valence-electron chi connectivity index (χ3n) is 13.7. The molecule has 0 aromatic heterocycles. The van der Waals surface area contributed by atoms with Crippen LogP contribution in [0.3, 0.4) is 0 Å². The highest BCUT2D eigenvalue weighted by atomic mass is 16.7. The number of esters is 1. The molecule has 48 heavy (non-hydrogen) atoms. The molecule has 10 heteroatoms. The quantitative estimate of drug-likeness (QED) is 0.140. The Hall–Kier alpha value is -1.56. The monoisotopic (exact) mass is 677 g/mol. The maximum atomic E-state index is 13.5.